The molecular weight excluding hydrogens is 394 g/mol. The number of carbonyl (C=O) groups is 1. The summed E-state index contributed by atoms with van der Waals surface area (Å²) in [5.74, 6) is 1.73. The number of nitrogens with one attached hydrogen (secondary N) is 1. The third-order valence-electron chi connectivity index (χ3n) is 4.62. The summed E-state index contributed by atoms with van der Waals surface area (Å²) in [6.45, 7) is 3.60. The van der Waals surface area contributed by atoms with Gasteiger partial charge in [0, 0.05) is 36.5 Å². The largest absolute Gasteiger partial charge is 0.355 e. The zero-order chi connectivity index (χ0) is 21.3. The second kappa shape index (κ2) is 10.9. The van der Waals surface area contributed by atoms with Crippen LogP contribution in [0, 0.1) is 6.92 Å². The average Bonchev–Trinajstić information content (AvgIpc) is 3.16. The van der Waals surface area contributed by atoms with E-state index in [4.69, 9.17) is 0 Å². The Hall–Kier alpha value is -2.64. The lowest BCUT2D eigenvalue weighted by Crippen LogP contribution is -2.31. The number of rotatable bonds is 10. The van der Waals surface area contributed by atoms with Crippen LogP contribution in [0.5, 0.6) is 0 Å². The summed E-state index contributed by atoms with van der Waals surface area (Å²) < 4.78 is 2.09. The summed E-state index contributed by atoms with van der Waals surface area (Å²) in [5.41, 5.74) is 3.27. The fourth-order valence-corrected chi connectivity index (χ4v) is 3.86. The molecule has 0 saturated heterocycles. The van der Waals surface area contributed by atoms with Crippen LogP contribution >= 0.6 is 11.8 Å². The van der Waals surface area contributed by atoms with E-state index in [-0.39, 0.29) is 5.91 Å². The maximum Gasteiger partial charge on any atom is 0.220 e. The molecule has 0 aliphatic heterocycles. The zero-order valence-electron chi connectivity index (χ0n) is 17.8. The van der Waals surface area contributed by atoms with Crippen molar-refractivity contribution in [1.29, 1.82) is 0 Å². The number of aryl methyl sites for hydroxylation is 1. The highest BCUT2D eigenvalue weighted by molar-refractivity contribution is 7.99. The number of aromatic nitrogens is 3. The molecular formula is C23H29N5OS. The van der Waals surface area contributed by atoms with Crippen molar-refractivity contribution in [2.75, 3.05) is 32.9 Å². The molecule has 0 aliphatic carbocycles. The Labute approximate surface area is 182 Å². The van der Waals surface area contributed by atoms with E-state index in [0.29, 0.717) is 13.0 Å². The highest BCUT2D eigenvalue weighted by Gasteiger charge is 2.16. The van der Waals surface area contributed by atoms with Gasteiger partial charge in [0.25, 0.3) is 0 Å². The molecule has 158 valence electrons. The molecule has 3 aromatic rings. The Morgan fingerprint density at radius 1 is 1.07 bits per heavy atom. The Kier molecular flexibility index (Phi) is 8.04. The number of para-hydroxylation sites is 1. The van der Waals surface area contributed by atoms with Gasteiger partial charge in [0.15, 0.2) is 11.0 Å². The van der Waals surface area contributed by atoms with Gasteiger partial charge in [-0.15, -0.1) is 10.2 Å². The smallest absolute Gasteiger partial charge is 0.220 e. The molecule has 1 heterocycles. The van der Waals surface area contributed by atoms with Crippen molar-refractivity contribution < 1.29 is 4.79 Å². The van der Waals surface area contributed by atoms with Crippen molar-refractivity contribution >= 4 is 17.7 Å². The molecule has 7 heteroatoms. The number of nitrogens with zero attached hydrogens (tertiary/aromatic N) is 4. The first-order valence-corrected chi connectivity index (χ1v) is 11.2. The average molecular weight is 424 g/mol. The third-order valence-corrected chi connectivity index (χ3v) is 5.63. The molecule has 0 radical (unpaired) electrons. The Balaban J connectivity index is 1.66. The first kappa shape index (κ1) is 22.1. The molecule has 0 unspecified atom stereocenters. The van der Waals surface area contributed by atoms with Crippen LogP contribution in [0.1, 0.15) is 18.4 Å². The number of amides is 1. The van der Waals surface area contributed by atoms with Gasteiger partial charge in [0.05, 0.1) is 0 Å². The predicted octanol–water partition coefficient (Wildman–Crippen LogP) is 3.79. The molecule has 1 amide bonds. The first-order valence-electron chi connectivity index (χ1n) is 10.2. The maximum absolute atomic E-state index is 12.0. The van der Waals surface area contributed by atoms with E-state index < -0.39 is 0 Å². The maximum atomic E-state index is 12.0. The SMILES string of the molecule is Cc1ccc(-c2nnc(SCCCC(=O)NCCN(C)C)n2-c2ccccc2)cc1. The van der Waals surface area contributed by atoms with Crippen LogP contribution in [0.3, 0.4) is 0 Å². The molecule has 0 fully saturated rings. The lowest BCUT2D eigenvalue weighted by Gasteiger charge is -2.11. The van der Waals surface area contributed by atoms with E-state index >= 15 is 0 Å². The molecule has 30 heavy (non-hydrogen) atoms. The van der Waals surface area contributed by atoms with Gasteiger partial charge >= 0.3 is 0 Å². The van der Waals surface area contributed by atoms with Gasteiger partial charge in [-0.25, -0.2) is 0 Å². The Bertz CT molecular complexity index is 938. The third kappa shape index (κ3) is 6.18. The minimum absolute atomic E-state index is 0.0994. The van der Waals surface area contributed by atoms with Crippen molar-refractivity contribution in [3.63, 3.8) is 0 Å². The van der Waals surface area contributed by atoms with Gasteiger partial charge in [-0.2, -0.15) is 0 Å². The van der Waals surface area contributed by atoms with Gasteiger partial charge in [-0.05, 0) is 39.6 Å². The minimum atomic E-state index is 0.0994. The summed E-state index contributed by atoms with van der Waals surface area (Å²) in [5, 5.41) is 12.7. The van der Waals surface area contributed by atoms with Crippen LogP contribution in [-0.2, 0) is 4.79 Å². The second-order valence-electron chi connectivity index (χ2n) is 7.45. The van der Waals surface area contributed by atoms with Crippen molar-refractivity contribution in [3.8, 4) is 17.1 Å². The fraction of sp³-hybridized carbons (Fsp3) is 0.348. The molecule has 0 spiro atoms. The van der Waals surface area contributed by atoms with Crippen LogP contribution in [-0.4, -0.2) is 58.5 Å². The number of carbonyl (C=O) groups excluding carboxylic acids is 1. The van der Waals surface area contributed by atoms with Crippen LogP contribution in [0.25, 0.3) is 17.1 Å². The normalized spacial score (nSPS) is 11.1. The van der Waals surface area contributed by atoms with Crippen LogP contribution in [0.2, 0.25) is 0 Å². The molecule has 0 saturated carbocycles. The molecule has 3 rings (SSSR count). The van der Waals surface area contributed by atoms with E-state index in [9.17, 15) is 4.79 Å². The van der Waals surface area contributed by atoms with Crippen molar-refractivity contribution in [2.45, 2.75) is 24.9 Å². The highest BCUT2D eigenvalue weighted by Crippen LogP contribution is 2.28. The minimum Gasteiger partial charge on any atom is -0.355 e. The van der Waals surface area contributed by atoms with Crippen LogP contribution in [0.4, 0.5) is 0 Å². The summed E-state index contributed by atoms with van der Waals surface area (Å²) in [4.78, 5) is 14.0. The topological polar surface area (TPSA) is 63.1 Å². The summed E-state index contributed by atoms with van der Waals surface area (Å²) in [6, 6.07) is 18.5. The van der Waals surface area contributed by atoms with Crippen molar-refractivity contribution in [2.24, 2.45) is 0 Å². The zero-order valence-corrected chi connectivity index (χ0v) is 18.7. The number of thioether (sulfide) groups is 1. The summed E-state index contributed by atoms with van der Waals surface area (Å²) in [6.07, 6.45) is 1.31. The van der Waals surface area contributed by atoms with E-state index in [2.05, 4.69) is 68.3 Å². The van der Waals surface area contributed by atoms with Crippen molar-refractivity contribution in [3.05, 3.63) is 60.2 Å². The lowest BCUT2D eigenvalue weighted by atomic mass is 10.1. The highest BCUT2D eigenvalue weighted by atomic mass is 32.2. The quantitative estimate of drug-likeness (QED) is 0.397. The monoisotopic (exact) mass is 423 g/mol. The van der Waals surface area contributed by atoms with Gasteiger partial charge in [0.1, 0.15) is 0 Å². The van der Waals surface area contributed by atoms with Crippen LogP contribution < -0.4 is 5.32 Å². The standard InChI is InChI=1S/C23H29N5OS/c1-18-11-13-19(14-12-18)22-25-26-23(28(22)20-8-5-4-6-9-20)30-17-7-10-21(29)24-15-16-27(2)3/h4-6,8-9,11-14H,7,10,15-17H2,1-3H3,(H,24,29). The van der Waals surface area contributed by atoms with E-state index in [0.717, 1.165) is 41.0 Å². The predicted molar refractivity (Wildman–Crippen MR) is 123 cm³/mol. The molecule has 0 atom stereocenters. The molecule has 2 aromatic carbocycles. The Morgan fingerprint density at radius 3 is 2.50 bits per heavy atom. The van der Waals surface area contributed by atoms with Gasteiger partial charge < -0.3 is 10.2 Å². The molecule has 1 N–H and O–H groups in total. The number of hydrogen-bond acceptors (Lipinski definition) is 5. The number of likely N-dealkylation sites (N-methyl/N-ethyl adjacent to an activating group) is 1. The van der Waals surface area contributed by atoms with E-state index in [1.54, 1.807) is 11.8 Å². The fourth-order valence-electron chi connectivity index (χ4n) is 2.97. The molecule has 1 aromatic heterocycles. The summed E-state index contributed by atoms with van der Waals surface area (Å²) in [7, 11) is 3.99. The van der Waals surface area contributed by atoms with E-state index in [1.807, 2.05) is 32.3 Å². The number of benzene rings is 2. The van der Waals surface area contributed by atoms with Gasteiger partial charge in [0.2, 0.25) is 5.91 Å². The Morgan fingerprint density at radius 2 is 1.80 bits per heavy atom. The number of hydrogen-bond donors (Lipinski definition) is 1. The lowest BCUT2D eigenvalue weighted by molar-refractivity contribution is -0.121. The molecule has 0 aliphatic rings. The molecule has 0 bridgehead atoms. The first-order chi connectivity index (χ1) is 14.5. The van der Waals surface area contributed by atoms with Crippen molar-refractivity contribution in [1.82, 2.24) is 25.0 Å². The van der Waals surface area contributed by atoms with Gasteiger partial charge in [-0.3, -0.25) is 9.36 Å². The van der Waals surface area contributed by atoms with Crippen LogP contribution in [0.15, 0.2) is 59.8 Å². The summed E-state index contributed by atoms with van der Waals surface area (Å²) >= 11 is 1.63. The van der Waals surface area contributed by atoms with Gasteiger partial charge in [-0.1, -0.05) is 59.8 Å². The second-order valence-corrected chi connectivity index (χ2v) is 8.51. The van der Waals surface area contributed by atoms with E-state index in [1.165, 1.54) is 5.56 Å². The molecule has 6 nitrogen and oxygen atoms in total.